The Hall–Kier alpha value is -2.50. The first-order valence-electron chi connectivity index (χ1n) is 7.12. The SMILES string of the molecule is COC(=O)NC(/C(C(=O)OC)=C1\CCCN1)c1ccccc1. The average Bonchev–Trinajstić information content (AvgIpc) is 3.08. The molecule has 6 heteroatoms. The van der Waals surface area contributed by atoms with E-state index in [9.17, 15) is 9.59 Å². The van der Waals surface area contributed by atoms with Gasteiger partial charge in [-0.3, -0.25) is 0 Å². The maximum Gasteiger partial charge on any atom is 0.407 e. The van der Waals surface area contributed by atoms with Gasteiger partial charge >= 0.3 is 12.1 Å². The predicted octanol–water partition coefficient (Wildman–Crippen LogP) is 1.89. The van der Waals surface area contributed by atoms with Crippen molar-refractivity contribution in [1.82, 2.24) is 10.6 Å². The van der Waals surface area contributed by atoms with E-state index in [0.29, 0.717) is 5.57 Å². The van der Waals surface area contributed by atoms with Gasteiger partial charge in [0.05, 0.1) is 25.8 Å². The summed E-state index contributed by atoms with van der Waals surface area (Å²) >= 11 is 0. The third-order valence-corrected chi connectivity index (χ3v) is 3.54. The summed E-state index contributed by atoms with van der Waals surface area (Å²) < 4.78 is 9.60. The first-order valence-corrected chi connectivity index (χ1v) is 7.12. The average molecular weight is 304 g/mol. The van der Waals surface area contributed by atoms with Crippen LogP contribution < -0.4 is 10.6 Å². The first-order chi connectivity index (χ1) is 10.7. The fourth-order valence-electron chi connectivity index (χ4n) is 2.49. The molecular weight excluding hydrogens is 284 g/mol. The van der Waals surface area contributed by atoms with Crippen molar-refractivity contribution in [3.8, 4) is 0 Å². The van der Waals surface area contributed by atoms with Crippen molar-refractivity contribution in [2.75, 3.05) is 20.8 Å². The van der Waals surface area contributed by atoms with Crippen LogP contribution in [0.2, 0.25) is 0 Å². The molecule has 1 fully saturated rings. The molecule has 0 saturated carbocycles. The van der Waals surface area contributed by atoms with Gasteiger partial charge in [0.15, 0.2) is 0 Å². The molecule has 1 atom stereocenters. The number of amides is 1. The molecule has 1 aliphatic heterocycles. The van der Waals surface area contributed by atoms with E-state index < -0.39 is 18.1 Å². The summed E-state index contributed by atoms with van der Waals surface area (Å²) in [5.41, 5.74) is 2.00. The molecule has 6 nitrogen and oxygen atoms in total. The zero-order valence-corrected chi connectivity index (χ0v) is 12.7. The van der Waals surface area contributed by atoms with Gasteiger partial charge in [-0.15, -0.1) is 0 Å². The van der Waals surface area contributed by atoms with E-state index in [0.717, 1.165) is 30.6 Å². The second kappa shape index (κ2) is 7.49. The Morgan fingerprint density at radius 1 is 1.18 bits per heavy atom. The number of hydrogen-bond acceptors (Lipinski definition) is 5. The van der Waals surface area contributed by atoms with E-state index in [1.165, 1.54) is 14.2 Å². The van der Waals surface area contributed by atoms with E-state index in [4.69, 9.17) is 4.74 Å². The summed E-state index contributed by atoms with van der Waals surface area (Å²) in [5.74, 6) is -0.463. The van der Waals surface area contributed by atoms with Gasteiger partial charge in [-0.2, -0.15) is 0 Å². The number of benzene rings is 1. The molecule has 1 heterocycles. The van der Waals surface area contributed by atoms with Crippen LogP contribution in [0.1, 0.15) is 24.4 Å². The van der Waals surface area contributed by atoms with Crippen molar-refractivity contribution >= 4 is 12.1 Å². The van der Waals surface area contributed by atoms with Crippen LogP contribution in [-0.2, 0) is 14.3 Å². The van der Waals surface area contributed by atoms with Crippen LogP contribution in [0.5, 0.6) is 0 Å². The second-order valence-corrected chi connectivity index (χ2v) is 4.89. The molecule has 22 heavy (non-hydrogen) atoms. The van der Waals surface area contributed by atoms with Crippen LogP contribution in [0.3, 0.4) is 0 Å². The molecule has 0 spiro atoms. The topological polar surface area (TPSA) is 76.7 Å². The highest BCUT2D eigenvalue weighted by Gasteiger charge is 2.30. The van der Waals surface area contributed by atoms with Crippen molar-refractivity contribution < 1.29 is 19.1 Å². The number of rotatable bonds is 4. The molecule has 0 radical (unpaired) electrons. The summed E-state index contributed by atoms with van der Waals surface area (Å²) in [5, 5.41) is 5.92. The lowest BCUT2D eigenvalue weighted by Gasteiger charge is -2.22. The zero-order valence-electron chi connectivity index (χ0n) is 12.7. The summed E-state index contributed by atoms with van der Waals surface area (Å²) in [6.07, 6.45) is 1.08. The third kappa shape index (κ3) is 3.58. The van der Waals surface area contributed by atoms with Crippen molar-refractivity contribution in [1.29, 1.82) is 0 Å². The molecule has 1 aromatic carbocycles. The van der Waals surface area contributed by atoms with Gasteiger partial charge in [-0.25, -0.2) is 9.59 Å². The lowest BCUT2D eigenvalue weighted by molar-refractivity contribution is -0.136. The van der Waals surface area contributed by atoms with Crippen molar-refractivity contribution in [2.24, 2.45) is 0 Å². The summed E-state index contributed by atoms with van der Waals surface area (Å²) in [7, 11) is 2.62. The van der Waals surface area contributed by atoms with Crippen LogP contribution >= 0.6 is 0 Å². The molecule has 0 aliphatic carbocycles. The largest absolute Gasteiger partial charge is 0.466 e. The Morgan fingerprint density at radius 3 is 2.45 bits per heavy atom. The quantitative estimate of drug-likeness (QED) is 0.656. The number of allylic oxidation sites excluding steroid dienone is 1. The minimum atomic E-state index is -0.623. The predicted molar refractivity (Wildman–Crippen MR) is 81.0 cm³/mol. The van der Waals surface area contributed by atoms with Gasteiger partial charge in [0, 0.05) is 12.2 Å². The molecule has 1 aliphatic rings. The Kier molecular flexibility index (Phi) is 5.41. The molecule has 1 unspecified atom stereocenters. The van der Waals surface area contributed by atoms with Gasteiger partial charge in [0.1, 0.15) is 0 Å². The smallest absolute Gasteiger partial charge is 0.407 e. The van der Waals surface area contributed by atoms with Gasteiger partial charge in [0.2, 0.25) is 0 Å². The number of hydrogen-bond donors (Lipinski definition) is 2. The molecule has 0 aromatic heterocycles. The van der Waals surface area contributed by atoms with Crippen molar-refractivity contribution in [3.63, 3.8) is 0 Å². The molecule has 1 saturated heterocycles. The Labute approximate surface area is 129 Å². The van der Waals surface area contributed by atoms with E-state index in [1.54, 1.807) is 0 Å². The lowest BCUT2D eigenvalue weighted by Crippen LogP contribution is -2.34. The van der Waals surface area contributed by atoms with Crippen LogP contribution in [-0.4, -0.2) is 32.8 Å². The molecule has 118 valence electrons. The molecule has 2 rings (SSSR count). The van der Waals surface area contributed by atoms with Gasteiger partial charge in [0.25, 0.3) is 0 Å². The minimum absolute atomic E-state index is 0.414. The fraction of sp³-hybridized carbons (Fsp3) is 0.375. The second-order valence-electron chi connectivity index (χ2n) is 4.89. The number of carbonyl (C=O) groups is 2. The van der Waals surface area contributed by atoms with Crippen LogP contribution in [0.15, 0.2) is 41.6 Å². The highest BCUT2D eigenvalue weighted by Crippen LogP contribution is 2.28. The number of nitrogens with one attached hydrogen (secondary N) is 2. The van der Waals surface area contributed by atoms with E-state index in [-0.39, 0.29) is 0 Å². The number of methoxy groups -OCH3 is 2. The molecule has 0 bridgehead atoms. The van der Waals surface area contributed by atoms with E-state index >= 15 is 0 Å². The van der Waals surface area contributed by atoms with Crippen LogP contribution in [0.4, 0.5) is 4.79 Å². The van der Waals surface area contributed by atoms with Gasteiger partial charge in [-0.1, -0.05) is 30.3 Å². The summed E-state index contributed by atoms with van der Waals surface area (Å²) in [4.78, 5) is 24.0. The van der Waals surface area contributed by atoms with E-state index in [2.05, 4.69) is 15.4 Å². The Morgan fingerprint density at radius 2 is 1.91 bits per heavy atom. The maximum absolute atomic E-state index is 12.3. The van der Waals surface area contributed by atoms with Crippen molar-refractivity contribution in [3.05, 3.63) is 47.2 Å². The third-order valence-electron chi connectivity index (χ3n) is 3.54. The summed E-state index contributed by atoms with van der Waals surface area (Å²) in [6, 6.07) is 8.64. The molecular formula is C16H20N2O4. The lowest BCUT2D eigenvalue weighted by atomic mass is 9.96. The number of carbonyl (C=O) groups excluding carboxylic acids is 2. The normalized spacial score (nSPS) is 17.2. The van der Waals surface area contributed by atoms with Gasteiger partial charge < -0.3 is 20.1 Å². The maximum atomic E-state index is 12.3. The minimum Gasteiger partial charge on any atom is -0.466 e. The molecule has 1 amide bonds. The van der Waals surface area contributed by atoms with Crippen LogP contribution in [0, 0.1) is 0 Å². The molecule has 1 aromatic rings. The first kappa shape index (κ1) is 15.9. The highest BCUT2D eigenvalue weighted by atomic mass is 16.5. The fourth-order valence-corrected chi connectivity index (χ4v) is 2.49. The Balaban J connectivity index is 2.46. The number of alkyl carbamates (subject to hydrolysis) is 1. The standard InChI is InChI=1S/C16H20N2O4/c1-21-15(19)13(12-9-6-10-17-12)14(18-16(20)22-2)11-7-4-3-5-8-11/h3-5,7-8,14,17H,6,9-10H2,1-2H3,(H,18,20)/b13-12-. The van der Waals surface area contributed by atoms with Crippen molar-refractivity contribution in [2.45, 2.75) is 18.9 Å². The molecule has 2 N–H and O–H groups in total. The summed E-state index contributed by atoms with van der Waals surface area (Å²) in [6.45, 7) is 0.801. The highest BCUT2D eigenvalue weighted by molar-refractivity contribution is 5.91. The number of ether oxygens (including phenoxy) is 2. The monoisotopic (exact) mass is 304 g/mol. The Bertz CT molecular complexity index is 561. The number of esters is 1. The van der Waals surface area contributed by atoms with Crippen LogP contribution in [0.25, 0.3) is 0 Å². The van der Waals surface area contributed by atoms with E-state index in [1.807, 2.05) is 30.3 Å². The zero-order chi connectivity index (χ0) is 15.9. The van der Waals surface area contributed by atoms with Gasteiger partial charge in [-0.05, 0) is 18.4 Å².